The Morgan fingerprint density at radius 2 is 2.28 bits per heavy atom. The summed E-state index contributed by atoms with van der Waals surface area (Å²) >= 11 is 0. The van der Waals surface area contributed by atoms with E-state index in [0.29, 0.717) is 17.9 Å². The summed E-state index contributed by atoms with van der Waals surface area (Å²) < 4.78 is 6.49. The number of benzene rings is 1. The molecule has 0 fully saturated rings. The summed E-state index contributed by atoms with van der Waals surface area (Å²) in [6, 6.07) is 5.66. The van der Waals surface area contributed by atoms with Crippen LogP contribution in [0.25, 0.3) is 5.69 Å². The quantitative estimate of drug-likeness (QED) is 0.662. The lowest BCUT2D eigenvalue weighted by atomic mass is 10.2. The highest BCUT2D eigenvalue weighted by molar-refractivity contribution is 5.88. The minimum atomic E-state index is -0.380. The molecule has 0 saturated heterocycles. The molecule has 0 bridgehead atoms. The van der Waals surface area contributed by atoms with Crippen molar-refractivity contribution < 1.29 is 9.53 Å². The van der Waals surface area contributed by atoms with Gasteiger partial charge in [-0.05, 0) is 31.5 Å². The van der Waals surface area contributed by atoms with Crippen LogP contribution in [0.5, 0.6) is 0 Å². The smallest absolute Gasteiger partial charge is 0.341 e. The SMILES string of the molecule is CCOC(=O)c1cnn(-c2cc(C)ccc2N)c1. The fraction of sp³-hybridized carbons (Fsp3) is 0.231. The second-order valence-electron chi connectivity index (χ2n) is 3.96. The summed E-state index contributed by atoms with van der Waals surface area (Å²) in [7, 11) is 0. The molecule has 2 rings (SSSR count). The number of aryl methyl sites for hydroxylation is 1. The summed E-state index contributed by atoms with van der Waals surface area (Å²) in [6.07, 6.45) is 3.09. The Morgan fingerprint density at radius 3 is 3.00 bits per heavy atom. The number of nitrogens with two attached hydrogens (primary N) is 1. The molecule has 1 heterocycles. The monoisotopic (exact) mass is 245 g/mol. The molecule has 0 radical (unpaired) electrons. The average molecular weight is 245 g/mol. The number of rotatable bonds is 3. The van der Waals surface area contributed by atoms with Gasteiger partial charge in [0.1, 0.15) is 0 Å². The predicted octanol–water partition coefficient (Wildman–Crippen LogP) is 1.94. The van der Waals surface area contributed by atoms with Gasteiger partial charge >= 0.3 is 5.97 Å². The van der Waals surface area contributed by atoms with Crippen molar-refractivity contribution in [2.75, 3.05) is 12.3 Å². The molecule has 5 heteroatoms. The van der Waals surface area contributed by atoms with Crippen molar-refractivity contribution in [3.63, 3.8) is 0 Å². The van der Waals surface area contributed by atoms with E-state index < -0.39 is 0 Å². The topological polar surface area (TPSA) is 70.1 Å². The number of nitrogen functional groups attached to an aromatic ring is 1. The maximum atomic E-state index is 11.5. The third-order valence-corrected chi connectivity index (χ3v) is 2.53. The number of carbonyl (C=O) groups excluding carboxylic acids is 1. The van der Waals surface area contributed by atoms with Gasteiger partial charge in [-0.25, -0.2) is 9.48 Å². The fourth-order valence-electron chi connectivity index (χ4n) is 1.63. The van der Waals surface area contributed by atoms with Crippen LogP contribution in [0.15, 0.2) is 30.6 Å². The Balaban J connectivity index is 2.35. The molecule has 94 valence electrons. The molecule has 5 nitrogen and oxygen atoms in total. The molecule has 1 aromatic carbocycles. The highest BCUT2D eigenvalue weighted by atomic mass is 16.5. The van der Waals surface area contributed by atoms with Crippen molar-refractivity contribution in [2.24, 2.45) is 0 Å². The largest absolute Gasteiger partial charge is 0.462 e. The first-order chi connectivity index (χ1) is 8.61. The number of nitrogens with zero attached hydrogens (tertiary/aromatic N) is 2. The number of esters is 1. The van der Waals surface area contributed by atoms with E-state index in [4.69, 9.17) is 10.5 Å². The van der Waals surface area contributed by atoms with Gasteiger partial charge in [0.25, 0.3) is 0 Å². The van der Waals surface area contributed by atoms with Gasteiger partial charge in [-0.2, -0.15) is 5.10 Å². The number of ether oxygens (including phenoxy) is 1. The van der Waals surface area contributed by atoms with Gasteiger partial charge in [-0.3, -0.25) is 0 Å². The van der Waals surface area contributed by atoms with Crippen LogP contribution in [0.3, 0.4) is 0 Å². The van der Waals surface area contributed by atoms with Crippen LogP contribution >= 0.6 is 0 Å². The minimum absolute atomic E-state index is 0.344. The van der Waals surface area contributed by atoms with E-state index in [-0.39, 0.29) is 5.97 Å². The molecule has 0 spiro atoms. The van der Waals surface area contributed by atoms with Crippen LogP contribution in [0.1, 0.15) is 22.8 Å². The van der Waals surface area contributed by atoms with Gasteiger partial charge in [-0.1, -0.05) is 6.07 Å². The summed E-state index contributed by atoms with van der Waals surface area (Å²) in [4.78, 5) is 11.5. The molecule has 0 aliphatic heterocycles. The minimum Gasteiger partial charge on any atom is -0.462 e. The Kier molecular flexibility index (Phi) is 3.32. The van der Waals surface area contributed by atoms with Crippen molar-refractivity contribution in [3.05, 3.63) is 41.7 Å². The van der Waals surface area contributed by atoms with Crippen LogP contribution in [0, 0.1) is 6.92 Å². The third kappa shape index (κ3) is 2.34. The summed E-state index contributed by atoms with van der Waals surface area (Å²) in [5.41, 5.74) is 8.74. The van der Waals surface area contributed by atoms with Crippen LogP contribution in [-0.4, -0.2) is 22.4 Å². The summed E-state index contributed by atoms with van der Waals surface area (Å²) in [6.45, 7) is 4.08. The van der Waals surface area contributed by atoms with Gasteiger partial charge in [0.15, 0.2) is 0 Å². The molecule has 0 atom stereocenters. The molecule has 0 saturated carbocycles. The lowest BCUT2D eigenvalue weighted by molar-refractivity contribution is 0.0526. The van der Waals surface area contributed by atoms with Gasteiger partial charge < -0.3 is 10.5 Å². The van der Waals surface area contributed by atoms with Crippen molar-refractivity contribution in [1.82, 2.24) is 9.78 Å². The van der Waals surface area contributed by atoms with Gasteiger partial charge in [-0.15, -0.1) is 0 Å². The Hall–Kier alpha value is -2.30. The van der Waals surface area contributed by atoms with E-state index >= 15 is 0 Å². The molecule has 2 aromatic rings. The van der Waals surface area contributed by atoms with Gasteiger partial charge in [0.2, 0.25) is 0 Å². The van der Waals surface area contributed by atoms with Crippen molar-refractivity contribution >= 4 is 11.7 Å². The van der Waals surface area contributed by atoms with Crippen molar-refractivity contribution in [2.45, 2.75) is 13.8 Å². The van der Waals surface area contributed by atoms with E-state index in [9.17, 15) is 4.79 Å². The standard InChI is InChI=1S/C13H15N3O2/c1-3-18-13(17)10-7-15-16(8-10)12-6-9(2)4-5-11(12)14/h4-8H,3,14H2,1-2H3. The van der Waals surface area contributed by atoms with E-state index in [1.54, 1.807) is 17.8 Å². The maximum Gasteiger partial charge on any atom is 0.341 e. The first-order valence-corrected chi connectivity index (χ1v) is 5.70. The van der Waals surface area contributed by atoms with Crippen LogP contribution in [0.2, 0.25) is 0 Å². The summed E-state index contributed by atoms with van der Waals surface area (Å²) in [5.74, 6) is -0.380. The van der Waals surface area contributed by atoms with Crippen molar-refractivity contribution in [1.29, 1.82) is 0 Å². The fourth-order valence-corrected chi connectivity index (χ4v) is 1.63. The molecular weight excluding hydrogens is 230 g/mol. The van der Waals surface area contributed by atoms with E-state index in [1.807, 2.05) is 25.1 Å². The highest BCUT2D eigenvalue weighted by Crippen LogP contribution is 2.18. The van der Waals surface area contributed by atoms with Gasteiger partial charge in [0.05, 0.1) is 29.7 Å². The molecule has 2 N–H and O–H groups in total. The average Bonchev–Trinajstić information content (AvgIpc) is 2.82. The molecular formula is C13H15N3O2. The molecule has 0 unspecified atom stereocenters. The van der Waals surface area contributed by atoms with Crippen LogP contribution < -0.4 is 5.73 Å². The first-order valence-electron chi connectivity index (χ1n) is 5.70. The Morgan fingerprint density at radius 1 is 1.50 bits per heavy atom. The Labute approximate surface area is 105 Å². The lowest BCUT2D eigenvalue weighted by Gasteiger charge is -2.06. The number of carbonyl (C=O) groups is 1. The maximum absolute atomic E-state index is 11.5. The molecule has 18 heavy (non-hydrogen) atoms. The van der Waals surface area contributed by atoms with E-state index in [1.165, 1.54) is 6.20 Å². The van der Waals surface area contributed by atoms with Crippen LogP contribution in [-0.2, 0) is 4.74 Å². The zero-order valence-corrected chi connectivity index (χ0v) is 10.4. The highest BCUT2D eigenvalue weighted by Gasteiger charge is 2.11. The Bertz CT molecular complexity index is 575. The lowest BCUT2D eigenvalue weighted by Crippen LogP contribution is -2.04. The van der Waals surface area contributed by atoms with Crippen molar-refractivity contribution in [3.8, 4) is 5.69 Å². The predicted molar refractivity (Wildman–Crippen MR) is 68.7 cm³/mol. The molecule has 0 aliphatic rings. The zero-order valence-electron chi connectivity index (χ0n) is 10.4. The third-order valence-electron chi connectivity index (χ3n) is 2.53. The molecule has 0 aliphatic carbocycles. The van der Waals surface area contributed by atoms with Gasteiger partial charge in [0, 0.05) is 6.20 Å². The number of anilines is 1. The number of aromatic nitrogens is 2. The molecule has 1 aromatic heterocycles. The van der Waals surface area contributed by atoms with E-state index in [2.05, 4.69) is 5.10 Å². The first kappa shape index (κ1) is 12.2. The number of hydrogen-bond donors (Lipinski definition) is 1. The second kappa shape index (κ2) is 4.91. The second-order valence-corrected chi connectivity index (χ2v) is 3.96. The summed E-state index contributed by atoms with van der Waals surface area (Å²) in [5, 5.41) is 4.13. The molecule has 0 amide bonds. The zero-order chi connectivity index (χ0) is 13.1. The number of hydrogen-bond acceptors (Lipinski definition) is 4. The normalized spacial score (nSPS) is 10.3. The van der Waals surface area contributed by atoms with Crippen LogP contribution in [0.4, 0.5) is 5.69 Å². The van der Waals surface area contributed by atoms with E-state index in [0.717, 1.165) is 11.3 Å².